The van der Waals surface area contributed by atoms with Gasteiger partial charge in [0, 0.05) is 16.8 Å². The Morgan fingerprint density at radius 1 is 0.400 bits per heavy atom. The molecule has 8 aromatic rings. The molecule has 0 amide bonds. The minimum atomic E-state index is -0.394. The monoisotopic (exact) mass is 573 g/mol. The summed E-state index contributed by atoms with van der Waals surface area (Å²) in [6.07, 6.45) is 0. The van der Waals surface area contributed by atoms with Crippen molar-refractivity contribution in [2.75, 3.05) is 4.90 Å². The summed E-state index contributed by atoms with van der Waals surface area (Å²) < 4.78 is 6.79. The second-order valence-corrected chi connectivity index (χ2v) is 12.0. The molecule has 1 spiro atoms. The Hall–Kier alpha value is -5.86. The van der Waals surface area contributed by atoms with Crippen molar-refractivity contribution >= 4 is 39.0 Å². The van der Waals surface area contributed by atoms with Crippen molar-refractivity contribution in [2.45, 2.75) is 5.41 Å². The van der Waals surface area contributed by atoms with Crippen LogP contribution in [0.1, 0.15) is 22.3 Å². The highest BCUT2D eigenvalue weighted by Crippen LogP contribution is 2.63. The van der Waals surface area contributed by atoms with E-state index in [1.165, 1.54) is 44.5 Å². The number of hydrogen-bond acceptors (Lipinski definition) is 2. The standard InChI is InChI=1S/C43H27NO/c1-3-14-28(15-4-1)44(29-16-5-2-6-17-29)39-24-13-25-40-42(39)34-26-33-32-20-9-12-23-37(32)43(38(33)27-41(34)45-40)35-21-10-7-18-30(35)31-19-8-11-22-36(31)43/h1-27H. The van der Waals surface area contributed by atoms with Gasteiger partial charge in [0.2, 0.25) is 0 Å². The largest absolute Gasteiger partial charge is 0.456 e. The summed E-state index contributed by atoms with van der Waals surface area (Å²) in [5.41, 5.74) is 15.2. The fourth-order valence-electron chi connectivity index (χ4n) is 8.16. The predicted molar refractivity (Wildman–Crippen MR) is 185 cm³/mol. The van der Waals surface area contributed by atoms with E-state index in [-0.39, 0.29) is 0 Å². The molecular formula is C43H27NO. The third-order valence-electron chi connectivity index (χ3n) is 9.86. The van der Waals surface area contributed by atoms with E-state index >= 15 is 0 Å². The first-order valence-corrected chi connectivity index (χ1v) is 15.5. The fourth-order valence-corrected chi connectivity index (χ4v) is 8.16. The Morgan fingerprint density at radius 2 is 0.911 bits per heavy atom. The number of anilines is 3. The maximum atomic E-state index is 6.79. The highest BCUT2D eigenvalue weighted by molar-refractivity contribution is 6.15. The minimum Gasteiger partial charge on any atom is -0.456 e. The second-order valence-electron chi connectivity index (χ2n) is 12.0. The Balaban J connectivity index is 1.30. The molecule has 0 fully saturated rings. The van der Waals surface area contributed by atoms with Crippen LogP contribution in [0.15, 0.2) is 168 Å². The summed E-state index contributed by atoms with van der Waals surface area (Å²) in [5.74, 6) is 0. The number of furan rings is 1. The SMILES string of the molecule is c1ccc(N(c2ccccc2)c2cccc3oc4cc5c(cc4c23)-c2ccccc2C52c3ccccc3-c3ccccc32)cc1. The van der Waals surface area contributed by atoms with Gasteiger partial charge in [0.15, 0.2) is 0 Å². The Labute approximate surface area is 261 Å². The highest BCUT2D eigenvalue weighted by Gasteiger charge is 2.51. The summed E-state index contributed by atoms with van der Waals surface area (Å²) in [5, 5.41) is 2.25. The summed E-state index contributed by atoms with van der Waals surface area (Å²) in [6.45, 7) is 0. The molecule has 2 heteroatoms. The van der Waals surface area contributed by atoms with Crippen molar-refractivity contribution in [3.8, 4) is 22.3 Å². The first-order chi connectivity index (χ1) is 22.3. The normalized spacial score (nSPS) is 13.5. The first kappa shape index (κ1) is 24.6. The molecule has 0 radical (unpaired) electrons. The van der Waals surface area contributed by atoms with E-state index in [4.69, 9.17) is 4.42 Å². The van der Waals surface area contributed by atoms with E-state index in [1.54, 1.807) is 0 Å². The lowest BCUT2D eigenvalue weighted by atomic mass is 9.70. The number of hydrogen-bond donors (Lipinski definition) is 0. The van der Waals surface area contributed by atoms with Crippen LogP contribution in [0.25, 0.3) is 44.2 Å². The van der Waals surface area contributed by atoms with E-state index in [0.29, 0.717) is 0 Å². The number of fused-ring (bicyclic) bond motifs is 13. The summed E-state index contributed by atoms with van der Waals surface area (Å²) in [7, 11) is 0. The molecule has 1 aromatic heterocycles. The molecule has 0 aliphatic heterocycles. The maximum Gasteiger partial charge on any atom is 0.137 e. The lowest BCUT2D eigenvalue weighted by molar-refractivity contribution is 0.666. The van der Waals surface area contributed by atoms with Crippen molar-refractivity contribution in [1.29, 1.82) is 0 Å². The summed E-state index contributed by atoms with van der Waals surface area (Å²) in [4.78, 5) is 2.34. The molecule has 0 saturated carbocycles. The zero-order valence-electron chi connectivity index (χ0n) is 24.4. The van der Waals surface area contributed by atoms with Crippen LogP contribution in [0.2, 0.25) is 0 Å². The molecular weight excluding hydrogens is 546 g/mol. The van der Waals surface area contributed by atoms with Crippen molar-refractivity contribution in [1.82, 2.24) is 0 Å². The van der Waals surface area contributed by atoms with E-state index in [2.05, 4.69) is 169 Å². The Kier molecular flexibility index (Phi) is 4.95. The van der Waals surface area contributed by atoms with Gasteiger partial charge in [0.25, 0.3) is 0 Å². The molecule has 1 heterocycles. The van der Waals surface area contributed by atoms with Crippen LogP contribution in [0.4, 0.5) is 17.1 Å². The van der Waals surface area contributed by atoms with Gasteiger partial charge in [-0.25, -0.2) is 0 Å². The molecule has 0 N–H and O–H groups in total. The zero-order valence-corrected chi connectivity index (χ0v) is 24.4. The molecule has 0 bridgehead atoms. The number of rotatable bonds is 3. The molecule has 45 heavy (non-hydrogen) atoms. The molecule has 2 nitrogen and oxygen atoms in total. The molecule has 0 saturated heterocycles. The molecule has 2 aliphatic rings. The molecule has 0 unspecified atom stereocenters. The maximum absolute atomic E-state index is 6.79. The van der Waals surface area contributed by atoms with Crippen LogP contribution in [-0.2, 0) is 5.41 Å². The summed E-state index contributed by atoms with van der Waals surface area (Å²) in [6, 6.07) is 59.2. The van der Waals surface area contributed by atoms with Gasteiger partial charge in [-0.05, 0) is 93.0 Å². The van der Waals surface area contributed by atoms with Gasteiger partial charge >= 0.3 is 0 Å². The smallest absolute Gasteiger partial charge is 0.137 e. The van der Waals surface area contributed by atoms with Gasteiger partial charge in [-0.3, -0.25) is 0 Å². The molecule has 10 rings (SSSR count). The highest BCUT2D eigenvalue weighted by atomic mass is 16.3. The van der Waals surface area contributed by atoms with Crippen molar-refractivity contribution < 1.29 is 4.42 Å². The molecule has 0 atom stereocenters. The molecule has 7 aromatic carbocycles. The van der Waals surface area contributed by atoms with E-state index in [9.17, 15) is 0 Å². The van der Waals surface area contributed by atoms with E-state index in [1.807, 2.05) is 0 Å². The average molecular weight is 574 g/mol. The van der Waals surface area contributed by atoms with Crippen LogP contribution in [0.5, 0.6) is 0 Å². The topological polar surface area (TPSA) is 16.4 Å². The zero-order chi connectivity index (χ0) is 29.5. The predicted octanol–water partition coefficient (Wildman–Crippen LogP) is 11.4. The third kappa shape index (κ3) is 3.18. The Bertz CT molecular complexity index is 2350. The third-order valence-corrected chi connectivity index (χ3v) is 9.86. The van der Waals surface area contributed by atoms with Gasteiger partial charge in [0.05, 0.1) is 16.5 Å². The van der Waals surface area contributed by atoms with Crippen LogP contribution in [0, 0.1) is 0 Å². The van der Waals surface area contributed by atoms with Gasteiger partial charge in [-0.15, -0.1) is 0 Å². The quantitative estimate of drug-likeness (QED) is 0.209. The first-order valence-electron chi connectivity index (χ1n) is 15.5. The average Bonchev–Trinajstić information content (AvgIpc) is 3.72. The van der Waals surface area contributed by atoms with E-state index in [0.717, 1.165) is 39.0 Å². The lowest BCUT2D eigenvalue weighted by Gasteiger charge is -2.30. The molecule has 210 valence electrons. The van der Waals surface area contributed by atoms with Gasteiger partial charge in [-0.2, -0.15) is 0 Å². The van der Waals surface area contributed by atoms with Gasteiger partial charge in [0.1, 0.15) is 11.2 Å². The van der Waals surface area contributed by atoms with Gasteiger partial charge in [-0.1, -0.05) is 115 Å². The molecule has 2 aliphatic carbocycles. The van der Waals surface area contributed by atoms with Crippen molar-refractivity contribution in [3.05, 3.63) is 186 Å². The van der Waals surface area contributed by atoms with Crippen LogP contribution in [-0.4, -0.2) is 0 Å². The van der Waals surface area contributed by atoms with Gasteiger partial charge < -0.3 is 9.32 Å². The Morgan fingerprint density at radius 3 is 1.49 bits per heavy atom. The lowest BCUT2D eigenvalue weighted by Crippen LogP contribution is -2.25. The number of para-hydroxylation sites is 2. The van der Waals surface area contributed by atoms with Crippen molar-refractivity contribution in [3.63, 3.8) is 0 Å². The number of nitrogens with zero attached hydrogens (tertiary/aromatic N) is 1. The van der Waals surface area contributed by atoms with Crippen LogP contribution >= 0.6 is 0 Å². The van der Waals surface area contributed by atoms with Crippen LogP contribution in [0.3, 0.4) is 0 Å². The number of benzene rings is 7. The fraction of sp³-hybridized carbons (Fsp3) is 0.0233. The van der Waals surface area contributed by atoms with E-state index < -0.39 is 5.41 Å². The van der Waals surface area contributed by atoms with Crippen LogP contribution < -0.4 is 4.90 Å². The second kappa shape index (κ2) is 9.07. The van der Waals surface area contributed by atoms with Crippen molar-refractivity contribution in [2.24, 2.45) is 0 Å². The minimum absolute atomic E-state index is 0.394. The summed E-state index contributed by atoms with van der Waals surface area (Å²) >= 11 is 0.